The number of carbonyl (C=O) groups is 1. The van der Waals surface area contributed by atoms with E-state index in [-0.39, 0.29) is 23.2 Å². The number of hydrogen-bond acceptors (Lipinski definition) is 3. The van der Waals surface area contributed by atoms with Gasteiger partial charge >= 0.3 is 0 Å². The molecule has 0 saturated carbocycles. The van der Waals surface area contributed by atoms with Gasteiger partial charge in [0.05, 0.1) is 19.8 Å². The van der Waals surface area contributed by atoms with Gasteiger partial charge in [0.2, 0.25) is 5.91 Å². The standard InChI is InChI=1S/C26H34FNO3/c1-25(2,3)24(29)28-15-17-31-23(18-28)19-10-6-9-13-22(19)30-16-14-26(4,5)20-11-7-8-12-21(20)27/h6-13,23H,14-18H2,1-5H3. The molecule has 1 unspecified atom stereocenters. The molecular weight excluding hydrogens is 393 g/mol. The molecule has 2 aromatic rings. The zero-order valence-electron chi connectivity index (χ0n) is 19.3. The van der Waals surface area contributed by atoms with E-state index in [1.165, 1.54) is 6.07 Å². The maximum Gasteiger partial charge on any atom is 0.228 e. The van der Waals surface area contributed by atoms with Crippen LogP contribution < -0.4 is 4.74 Å². The van der Waals surface area contributed by atoms with Crippen molar-refractivity contribution in [1.82, 2.24) is 4.90 Å². The molecule has 0 bridgehead atoms. The van der Waals surface area contributed by atoms with Crippen LogP contribution in [-0.2, 0) is 14.9 Å². The SMILES string of the molecule is CC(C)(C)C(=O)N1CCOC(c2ccccc2OCCC(C)(C)c2ccccc2F)C1. The molecule has 0 N–H and O–H groups in total. The maximum absolute atomic E-state index is 14.2. The molecule has 1 atom stereocenters. The van der Waals surface area contributed by atoms with Crippen LogP contribution >= 0.6 is 0 Å². The molecule has 168 valence electrons. The number of para-hydroxylation sites is 1. The molecule has 0 radical (unpaired) electrons. The predicted molar refractivity (Wildman–Crippen MR) is 121 cm³/mol. The Morgan fingerprint density at radius 3 is 2.48 bits per heavy atom. The number of nitrogens with zero attached hydrogens (tertiary/aromatic N) is 1. The summed E-state index contributed by atoms with van der Waals surface area (Å²) in [7, 11) is 0. The molecule has 3 rings (SSSR count). The van der Waals surface area contributed by atoms with E-state index < -0.39 is 5.41 Å². The van der Waals surface area contributed by atoms with Crippen molar-refractivity contribution in [2.45, 2.75) is 52.6 Å². The van der Waals surface area contributed by atoms with Crippen LogP contribution in [0.2, 0.25) is 0 Å². The van der Waals surface area contributed by atoms with E-state index in [1.807, 2.05) is 75.9 Å². The summed E-state index contributed by atoms with van der Waals surface area (Å²) >= 11 is 0. The maximum atomic E-state index is 14.2. The average molecular weight is 428 g/mol. The lowest BCUT2D eigenvalue weighted by atomic mass is 9.81. The van der Waals surface area contributed by atoms with E-state index in [0.717, 1.165) is 11.3 Å². The van der Waals surface area contributed by atoms with Gasteiger partial charge < -0.3 is 14.4 Å². The van der Waals surface area contributed by atoms with Crippen LogP contribution in [-0.4, -0.2) is 37.1 Å². The van der Waals surface area contributed by atoms with E-state index in [0.29, 0.717) is 38.3 Å². The summed E-state index contributed by atoms with van der Waals surface area (Å²) in [6, 6.07) is 14.7. The molecule has 2 aromatic carbocycles. The normalized spacial score (nSPS) is 17.5. The number of hydrogen-bond donors (Lipinski definition) is 0. The summed E-state index contributed by atoms with van der Waals surface area (Å²) in [5, 5.41) is 0. The summed E-state index contributed by atoms with van der Waals surface area (Å²) in [4.78, 5) is 14.6. The van der Waals surface area contributed by atoms with E-state index in [4.69, 9.17) is 9.47 Å². The molecule has 4 nitrogen and oxygen atoms in total. The van der Waals surface area contributed by atoms with E-state index in [9.17, 15) is 9.18 Å². The largest absolute Gasteiger partial charge is 0.493 e. The summed E-state index contributed by atoms with van der Waals surface area (Å²) < 4.78 is 26.4. The number of morpholine rings is 1. The predicted octanol–water partition coefficient (Wildman–Crippen LogP) is 5.52. The van der Waals surface area contributed by atoms with Gasteiger partial charge in [-0.3, -0.25) is 4.79 Å². The number of amides is 1. The molecule has 1 aliphatic heterocycles. The lowest BCUT2D eigenvalue weighted by Crippen LogP contribution is -2.46. The number of benzene rings is 2. The fraction of sp³-hybridized carbons (Fsp3) is 0.500. The third kappa shape index (κ3) is 5.65. The molecule has 0 aromatic heterocycles. The highest BCUT2D eigenvalue weighted by molar-refractivity contribution is 5.81. The summed E-state index contributed by atoms with van der Waals surface area (Å²) in [5.74, 6) is 0.694. The number of carbonyl (C=O) groups excluding carboxylic acids is 1. The first-order chi connectivity index (χ1) is 14.6. The minimum Gasteiger partial charge on any atom is -0.493 e. The second kappa shape index (κ2) is 9.39. The zero-order chi connectivity index (χ0) is 22.6. The van der Waals surface area contributed by atoms with Crippen molar-refractivity contribution >= 4 is 5.91 Å². The van der Waals surface area contributed by atoms with Crippen molar-refractivity contribution in [3.05, 3.63) is 65.5 Å². The first-order valence-corrected chi connectivity index (χ1v) is 11.0. The molecule has 0 spiro atoms. The molecule has 1 heterocycles. The molecule has 1 saturated heterocycles. The molecule has 31 heavy (non-hydrogen) atoms. The highest BCUT2D eigenvalue weighted by Crippen LogP contribution is 2.33. The monoisotopic (exact) mass is 427 g/mol. The van der Waals surface area contributed by atoms with Crippen molar-refractivity contribution in [2.75, 3.05) is 26.3 Å². The van der Waals surface area contributed by atoms with E-state index in [2.05, 4.69) is 0 Å². The molecule has 1 amide bonds. The smallest absolute Gasteiger partial charge is 0.228 e. The van der Waals surface area contributed by atoms with Gasteiger partial charge in [-0.05, 0) is 29.5 Å². The Bertz CT molecular complexity index is 904. The van der Waals surface area contributed by atoms with Crippen LogP contribution in [0.4, 0.5) is 4.39 Å². The van der Waals surface area contributed by atoms with Gasteiger partial charge in [-0.25, -0.2) is 4.39 Å². The second-order valence-electron chi connectivity index (χ2n) is 9.86. The van der Waals surface area contributed by atoms with Gasteiger partial charge in [-0.2, -0.15) is 0 Å². The lowest BCUT2D eigenvalue weighted by Gasteiger charge is -2.37. The van der Waals surface area contributed by atoms with E-state index >= 15 is 0 Å². The van der Waals surface area contributed by atoms with Gasteiger partial charge in [0, 0.05) is 17.5 Å². The fourth-order valence-corrected chi connectivity index (χ4v) is 3.94. The zero-order valence-corrected chi connectivity index (χ0v) is 19.3. The first-order valence-electron chi connectivity index (χ1n) is 11.0. The van der Waals surface area contributed by atoms with Gasteiger partial charge in [0.25, 0.3) is 0 Å². The Kier molecular flexibility index (Phi) is 7.05. The Hall–Kier alpha value is -2.40. The van der Waals surface area contributed by atoms with Crippen LogP contribution in [0.15, 0.2) is 48.5 Å². The number of ether oxygens (including phenoxy) is 2. The third-order valence-electron chi connectivity index (χ3n) is 5.85. The third-order valence-corrected chi connectivity index (χ3v) is 5.85. The van der Waals surface area contributed by atoms with Crippen LogP contribution in [0.1, 0.15) is 58.3 Å². The van der Waals surface area contributed by atoms with Gasteiger partial charge in [-0.15, -0.1) is 0 Å². The quantitative estimate of drug-likeness (QED) is 0.609. The number of rotatable bonds is 6. The first kappa shape index (κ1) is 23.3. The highest BCUT2D eigenvalue weighted by atomic mass is 19.1. The Balaban J connectivity index is 1.68. The molecule has 1 aliphatic rings. The fourth-order valence-electron chi connectivity index (χ4n) is 3.94. The van der Waals surface area contributed by atoms with Crippen LogP contribution in [0, 0.1) is 11.2 Å². The van der Waals surface area contributed by atoms with E-state index in [1.54, 1.807) is 6.07 Å². The highest BCUT2D eigenvalue weighted by Gasteiger charge is 2.33. The lowest BCUT2D eigenvalue weighted by molar-refractivity contribution is -0.147. The molecule has 0 aliphatic carbocycles. The van der Waals surface area contributed by atoms with Gasteiger partial charge in [0.15, 0.2) is 0 Å². The minimum absolute atomic E-state index is 0.130. The van der Waals surface area contributed by atoms with Crippen LogP contribution in [0.5, 0.6) is 5.75 Å². The van der Waals surface area contributed by atoms with Crippen LogP contribution in [0.3, 0.4) is 0 Å². The van der Waals surface area contributed by atoms with Gasteiger partial charge in [0.1, 0.15) is 17.7 Å². The van der Waals surface area contributed by atoms with Crippen molar-refractivity contribution < 1.29 is 18.7 Å². The Labute approximate surface area is 185 Å². The summed E-state index contributed by atoms with van der Waals surface area (Å²) in [5.41, 5.74) is 0.866. The molecular formula is C26H34FNO3. The van der Waals surface area contributed by atoms with Crippen molar-refractivity contribution in [2.24, 2.45) is 5.41 Å². The van der Waals surface area contributed by atoms with Crippen molar-refractivity contribution in [1.29, 1.82) is 0 Å². The topological polar surface area (TPSA) is 38.8 Å². The van der Waals surface area contributed by atoms with Crippen molar-refractivity contribution in [3.63, 3.8) is 0 Å². The molecule has 1 fully saturated rings. The summed E-state index contributed by atoms with van der Waals surface area (Å²) in [6.45, 7) is 11.9. The van der Waals surface area contributed by atoms with Crippen LogP contribution in [0.25, 0.3) is 0 Å². The van der Waals surface area contributed by atoms with Crippen molar-refractivity contribution in [3.8, 4) is 5.75 Å². The average Bonchev–Trinajstić information content (AvgIpc) is 2.73. The Morgan fingerprint density at radius 2 is 1.77 bits per heavy atom. The Morgan fingerprint density at radius 1 is 1.10 bits per heavy atom. The second-order valence-corrected chi connectivity index (χ2v) is 9.86. The minimum atomic E-state index is -0.420. The number of halogens is 1. The van der Waals surface area contributed by atoms with Gasteiger partial charge in [-0.1, -0.05) is 71.0 Å². The summed E-state index contributed by atoms with van der Waals surface area (Å²) in [6.07, 6.45) is 0.443. The molecule has 5 heteroatoms.